The minimum atomic E-state index is -0.170. The van der Waals surface area contributed by atoms with Gasteiger partial charge in [0.05, 0.1) is 24.5 Å². The van der Waals surface area contributed by atoms with Crippen molar-refractivity contribution in [1.29, 1.82) is 0 Å². The molecule has 0 aliphatic carbocycles. The summed E-state index contributed by atoms with van der Waals surface area (Å²) in [7, 11) is 0. The number of hydrogen-bond donors (Lipinski definition) is 1. The van der Waals surface area contributed by atoms with Gasteiger partial charge < -0.3 is 19.3 Å². The van der Waals surface area contributed by atoms with Crippen LogP contribution in [0.1, 0.15) is 73.7 Å². The number of nitrogens with zero attached hydrogens (tertiary/aromatic N) is 12. The average molecular weight is 866 g/mol. The van der Waals surface area contributed by atoms with E-state index in [1.165, 1.54) is 0 Å². The summed E-state index contributed by atoms with van der Waals surface area (Å²) in [5.74, 6) is 2.92. The van der Waals surface area contributed by atoms with Crippen LogP contribution in [-0.4, -0.2) is 59.9 Å². The summed E-state index contributed by atoms with van der Waals surface area (Å²) in [5.41, 5.74) is 9.43. The number of benzene rings is 4. The van der Waals surface area contributed by atoms with E-state index in [1.54, 1.807) is 4.68 Å². The van der Waals surface area contributed by atoms with Gasteiger partial charge in [0.15, 0.2) is 16.1 Å². The third-order valence-corrected chi connectivity index (χ3v) is 11.2. The van der Waals surface area contributed by atoms with E-state index in [0.29, 0.717) is 47.3 Å². The molecule has 0 fully saturated rings. The maximum Gasteiger partial charge on any atom is 1.00 e. The third kappa shape index (κ3) is 9.56. The minimum Gasteiger partial charge on any atom is -0.390 e. The van der Waals surface area contributed by atoms with Gasteiger partial charge >= 0.3 is 51.4 Å². The van der Waals surface area contributed by atoms with Crippen molar-refractivity contribution in [3.63, 3.8) is 0 Å². The van der Waals surface area contributed by atoms with Gasteiger partial charge in [-0.15, -0.1) is 5.10 Å². The van der Waals surface area contributed by atoms with E-state index in [9.17, 15) is 5.11 Å². The molecular formula is C44H43Cl2KN12O. The summed E-state index contributed by atoms with van der Waals surface area (Å²) in [5, 5.41) is 39.5. The second-order valence-electron chi connectivity index (χ2n) is 14.4. The molecule has 0 radical (unpaired) electrons. The van der Waals surface area contributed by atoms with Crippen LogP contribution >= 0.6 is 23.2 Å². The van der Waals surface area contributed by atoms with Gasteiger partial charge in [-0.25, -0.2) is 14.6 Å². The van der Waals surface area contributed by atoms with Crippen LogP contribution in [0.3, 0.4) is 0 Å². The molecule has 0 aliphatic rings. The Morgan fingerprint density at radius 1 is 0.600 bits per heavy atom. The first-order valence-corrected chi connectivity index (χ1v) is 20.6. The zero-order valence-corrected chi connectivity index (χ0v) is 38.5. The van der Waals surface area contributed by atoms with E-state index in [1.807, 2.05) is 47.0 Å². The van der Waals surface area contributed by atoms with Crippen LogP contribution in [0.15, 0.2) is 97.1 Å². The molecule has 8 rings (SSSR count). The maximum atomic E-state index is 10.1. The number of imidazole rings is 2. The number of aryl methyl sites for hydroxylation is 2. The van der Waals surface area contributed by atoms with Gasteiger partial charge in [0.1, 0.15) is 11.6 Å². The molecule has 0 spiro atoms. The number of rotatable bonds is 17. The first kappa shape index (κ1) is 43.7. The van der Waals surface area contributed by atoms with Gasteiger partial charge in [-0.05, 0) is 62.2 Å². The van der Waals surface area contributed by atoms with Crippen LogP contribution in [0.4, 0.5) is 0 Å². The fourth-order valence-electron chi connectivity index (χ4n) is 7.44. The second-order valence-corrected chi connectivity index (χ2v) is 15.1. The molecular weight excluding hydrogens is 823 g/mol. The summed E-state index contributed by atoms with van der Waals surface area (Å²) in [4.78, 5) is 9.42. The molecule has 13 nitrogen and oxygen atoms in total. The largest absolute Gasteiger partial charge is 1.00 e. The van der Waals surface area contributed by atoms with Crippen LogP contribution in [-0.2, 0) is 39.1 Å². The molecule has 4 aromatic heterocycles. The molecule has 0 aliphatic heterocycles. The van der Waals surface area contributed by atoms with Gasteiger partial charge in [-0.2, -0.15) is 5.21 Å². The minimum absolute atomic E-state index is 0. The smallest absolute Gasteiger partial charge is 0.390 e. The van der Waals surface area contributed by atoms with E-state index in [-0.39, 0.29) is 58.0 Å². The third-order valence-electron chi connectivity index (χ3n) is 10.6. The predicted octanol–water partition coefficient (Wildman–Crippen LogP) is 5.51. The molecule has 16 heteroatoms. The first-order valence-electron chi connectivity index (χ1n) is 19.9. The molecule has 1 N–H and O–H groups in total. The molecule has 0 unspecified atom stereocenters. The number of halogens is 2. The van der Waals surface area contributed by atoms with Crippen molar-refractivity contribution < 1.29 is 56.5 Å². The second kappa shape index (κ2) is 20.5. The number of aromatic nitrogens is 12. The molecule has 0 bridgehead atoms. The van der Waals surface area contributed by atoms with Crippen molar-refractivity contribution in [2.24, 2.45) is 0 Å². The quantitative estimate of drug-likeness (QED) is 0.116. The SMILES string of the molecule is CCCCc1nc(Cl)c(CO)n1Cc1ccc(-c2ccccc2-c2nnnn2Cc2c(Cl)nc(CCCC)n2Cc2ccc(-c3ccccc3-c3nnn[n-]3)cc2)cc1.[K+]. The van der Waals surface area contributed by atoms with Crippen molar-refractivity contribution in [3.05, 3.63) is 142 Å². The van der Waals surface area contributed by atoms with Crippen LogP contribution in [0.2, 0.25) is 10.3 Å². The molecule has 300 valence electrons. The number of aliphatic hydroxyl groups excluding tert-OH is 1. The van der Waals surface area contributed by atoms with E-state index < -0.39 is 0 Å². The average Bonchev–Trinajstić information content (AvgIpc) is 4.08. The molecule has 0 atom stereocenters. The summed E-state index contributed by atoms with van der Waals surface area (Å²) in [6.07, 6.45) is 5.65. The van der Waals surface area contributed by atoms with Gasteiger partial charge in [0, 0.05) is 37.3 Å². The maximum absolute atomic E-state index is 10.1. The summed E-state index contributed by atoms with van der Waals surface area (Å²) in [6, 6.07) is 33.0. The normalized spacial score (nSPS) is 11.3. The Kier molecular flexibility index (Phi) is 14.9. The number of tetrazole rings is 2. The van der Waals surface area contributed by atoms with Gasteiger partial charge in [0.25, 0.3) is 0 Å². The Balaban J connectivity index is 0.00000544. The fourth-order valence-corrected chi connectivity index (χ4v) is 7.96. The van der Waals surface area contributed by atoms with Crippen molar-refractivity contribution in [2.45, 2.75) is 78.6 Å². The molecule has 0 saturated carbocycles. The van der Waals surface area contributed by atoms with Gasteiger partial charge in [-0.1, -0.05) is 147 Å². The van der Waals surface area contributed by atoms with Gasteiger partial charge in [-0.3, -0.25) is 10.3 Å². The van der Waals surface area contributed by atoms with Crippen LogP contribution < -0.4 is 56.5 Å². The zero-order chi connectivity index (χ0) is 40.7. The Morgan fingerprint density at radius 2 is 1.12 bits per heavy atom. The Bertz CT molecular complexity index is 2640. The van der Waals surface area contributed by atoms with Gasteiger partial charge in [0.2, 0.25) is 0 Å². The standard InChI is InChI=1S/C44H43Cl2N12O.K/c1-3-5-15-39-47-41(45)37(56(39)25-29-17-21-31(22-18-29)33-11-7-9-13-35(33)43-49-52-53-50-43)27-58-44(51-54-55-58)36-14-10-8-12-34(36)32-23-19-30(20-24-32)26-57-38(28-59)42(46)48-40(57)16-6-4-2;/h7-14,17-24,59H,3-6,15-16,25-28H2,1-2H3;/q-1;+1. The van der Waals surface area contributed by atoms with Crippen molar-refractivity contribution in [2.75, 3.05) is 0 Å². The molecule has 60 heavy (non-hydrogen) atoms. The van der Waals surface area contributed by atoms with E-state index in [0.717, 1.165) is 100 Å². The number of hydrogen-bond acceptors (Lipinski definition) is 9. The van der Waals surface area contributed by atoms with Crippen LogP contribution in [0.5, 0.6) is 0 Å². The molecule has 4 aromatic carbocycles. The monoisotopic (exact) mass is 864 g/mol. The molecule has 8 aromatic rings. The first-order chi connectivity index (χ1) is 28.9. The van der Waals surface area contributed by atoms with Crippen LogP contribution in [0.25, 0.3) is 45.0 Å². The summed E-state index contributed by atoms with van der Waals surface area (Å²) >= 11 is 13.4. The van der Waals surface area contributed by atoms with Crippen molar-refractivity contribution in [3.8, 4) is 45.0 Å². The number of unbranched alkanes of at least 4 members (excludes halogenated alkanes) is 2. The van der Waals surface area contributed by atoms with E-state index in [4.69, 9.17) is 28.2 Å². The molecule has 0 amide bonds. The molecule has 4 heterocycles. The summed E-state index contributed by atoms with van der Waals surface area (Å²) < 4.78 is 6.03. The number of aliphatic hydroxyl groups is 1. The fraction of sp³-hybridized carbons (Fsp3) is 0.273. The Hall–Kier alpha value is -4.38. The predicted molar refractivity (Wildman–Crippen MR) is 228 cm³/mol. The summed E-state index contributed by atoms with van der Waals surface area (Å²) in [6.45, 7) is 5.60. The Labute approximate surface area is 401 Å². The van der Waals surface area contributed by atoms with Crippen LogP contribution in [0, 0.1) is 0 Å². The van der Waals surface area contributed by atoms with E-state index in [2.05, 4.69) is 114 Å². The topological polar surface area (TPSA) is 152 Å². The molecule has 0 saturated heterocycles. The van der Waals surface area contributed by atoms with E-state index >= 15 is 0 Å². The van der Waals surface area contributed by atoms with Crippen molar-refractivity contribution >= 4 is 23.2 Å². The van der Waals surface area contributed by atoms with Crippen molar-refractivity contribution in [1.82, 2.24) is 59.9 Å². The Morgan fingerprint density at radius 3 is 1.65 bits per heavy atom. The zero-order valence-electron chi connectivity index (χ0n) is 33.9.